The van der Waals surface area contributed by atoms with Crippen LogP contribution in [-0.2, 0) is 10.0 Å². The predicted molar refractivity (Wildman–Crippen MR) is 77.7 cm³/mol. The van der Waals surface area contributed by atoms with Crippen molar-refractivity contribution in [1.82, 2.24) is 14.5 Å². The maximum Gasteiger partial charge on any atom is 0.218 e. The van der Waals surface area contributed by atoms with E-state index in [1.165, 1.54) is 0 Å². The van der Waals surface area contributed by atoms with Crippen molar-refractivity contribution in [2.45, 2.75) is 44.4 Å². The zero-order valence-electron chi connectivity index (χ0n) is 12.4. The van der Waals surface area contributed by atoms with Gasteiger partial charge in [-0.3, -0.25) is 4.90 Å². The van der Waals surface area contributed by atoms with Gasteiger partial charge in [0.1, 0.15) is 0 Å². The molecule has 2 aliphatic rings. The molecule has 0 aromatic rings. The predicted octanol–water partition coefficient (Wildman–Crippen LogP) is 0.484. The van der Waals surface area contributed by atoms with Crippen LogP contribution < -0.4 is 5.32 Å². The first kappa shape index (κ1) is 15.2. The minimum atomic E-state index is -3.11. The summed E-state index contributed by atoms with van der Waals surface area (Å²) < 4.78 is 26.8. The lowest BCUT2D eigenvalue weighted by Gasteiger charge is -2.42. The zero-order valence-corrected chi connectivity index (χ0v) is 13.2. The average Bonchev–Trinajstić information content (AvgIpc) is 2.39. The molecule has 0 bridgehead atoms. The molecule has 5 nitrogen and oxygen atoms in total. The summed E-state index contributed by atoms with van der Waals surface area (Å²) >= 11 is 0. The molecule has 0 spiro atoms. The molecule has 1 atom stereocenters. The smallest absolute Gasteiger partial charge is 0.218 e. The van der Waals surface area contributed by atoms with Crippen LogP contribution in [0.15, 0.2) is 0 Å². The van der Waals surface area contributed by atoms with Crippen LogP contribution in [0.3, 0.4) is 0 Å². The number of hydrogen-bond acceptors (Lipinski definition) is 4. The molecule has 2 rings (SSSR count). The summed E-state index contributed by atoms with van der Waals surface area (Å²) in [5, 5.41) is 2.98. The second-order valence-electron chi connectivity index (χ2n) is 6.57. The molecular weight excluding hydrogens is 262 g/mol. The van der Waals surface area contributed by atoms with Gasteiger partial charge in [0, 0.05) is 38.3 Å². The lowest BCUT2D eigenvalue weighted by atomic mass is 10.1. The molecule has 6 heteroatoms. The van der Waals surface area contributed by atoms with E-state index in [0.29, 0.717) is 19.6 Å². The van der Waals surface area contributed by atoms with Gasteiger partial charge in [0.25, 0.3) is 0 Å². The van der Waals surface area contributed by atoms with Gasteiger partial charge in [-0.05, 0) is 40.2 Å². The summed E-state index contributed by atoms with van der Waals surface area (Å²) in [5.41, 5.74) is 0.127. The summed E-state index contributed by atoms with van der Waals surface area (Å²) in [5.74, 6) is 0. The standard InChI is InChI=1S/C13H27N3O2S/c1-13(2,3)15-7-9-16(10-8-15)19(17,18)12-5-4-6-14-11-12/h12,14H,4-11H2,1-3H3. The van der Waals surface area contributed by atoms with E-state index in [0.717, 1.165) is 32.5 Å². The highest BCUT2D eigenvalue weighted by atomic mass is 32.2. The Kier molecular flexibility index (Phi) is 4.55. The second-order valence-corrected chi connectivity index (χ2v) is 8.78. The largest absolute Gasteiger partial charge is 0.315 e. The Morgan fingerprint density at radius 3 is 2.21 bits per heavy atom. The molecule has 1 unspecified atom stereocenters. The van der Waals surface area contributed by atoms with E-state index < -0.39 is 10.0 Å². The van der Waals surface area contributed by atoms with E-state index >= 15 is 0 Å². The summed E-state index contributed by atoms with van der Waals surface area (Å²) in [6, 6.07) is 0. The summed E-state index contributed by atoms with van der Waals surface area (Å²) in [4.78, 5) is 2.36. The summed E-state index contributed by atoms with van der Waals surface area (Å²) in [6.45, 7) is 11.1. The minimum absolute atomic E-state index is 0.127. The molecule has 2 aliphatic heterocycles. The molecule has 19 heavy (non-hydrogen) atoms. The second kappa shape index (κ2) is 5.68. The number of nitrogens with zero attached hydrogens (tertiary/aromatic N) is 2. The first-order valence-corrected chi connectivity index (χ1v) is 8.77. The molecule has 0 aliphatic carbocycles. The molecule has 0 aromatic heterocycles. The molecule has 2 fully saturated rings. The highest BCUT2D eigenvalue weighted by Crippen LogP contribution is 2.21. The average molecular weight is 289 g/mol. The summed E-state index contributed by atoms with van der Waals surface area (Å²) in [7, 11) is -3.11. The van der Waals surface area contributed by atoms with Crippen LogP contribution >= 0.6 is 0 Å². The van der Waals surface area contributed by atoms with Crippen LogP contribution in [0.25, 0.3) is 0 Å². The van der Waals surface area contributed by atoms with Crippen LogP contribution in [-0.4, -0.2) is 67.7 Å². The normalized spacial score (nSPS) is 28.5. The van der Waals surface area contributed by atoms with Crippen molar-refractivity contribution in [1.29, 1.82) is 0 Å². The fourth-order valence-corrected chi connectivity index (χ4v) is 4.79. The van der Waals surface area contributed by atoms with Gasteiger partial charge in [0.15, 0.2) is 0 Å². The first-order valence-electron chi connectivity index (χ1n) is 7.26. The van der Waals surface area contributed by atoms with E-state index in [4.69, 9.17) is 0 Å². The third-order valence-electron chi connectivity index (χ3n) is 4.22. The van der Waals surface area contributed by atoms with E-state index in [-0.39, 0.29) is 10.8 Å². The lowest BCUT2D eigenvalue weighted by molar-refractivity contribution is 0.0917. The molecular formula is C13H27N3O2S. The van der Waals surface area contributed by atoms with Gasteiger partial charge < -0.3 is 5.32 Å². The highest BCUT2D eigenvalue weighted by molar-refractivity contribution is 7.89. The van der Waals surface area contributed by atoms with Gasteiger partial charge in [-0.25, -0.2) is 8.42 Å². The first-order chi connectivity index (χ1) is 8.82. The third kappa shape index (κ3) is 3.48. The zero-order chi connectivity index (χ0) is 14.1. The number of piperidine rings is 1. The van der Waals surface area contributed by atoms with Crippen molar-refractivity contribution in [2.24, 2.45) is 0 Å². The number of hydrogen-bond donors (Lipinski definition) is 1. The van der Waals surface area contributed by atoms with Crippen LogP contribution in [0.1, 0.15) is 33.6 Å². The summed E-state index contributed by atoms with van der Waals surface area (Å²) in [6.07, 6.45) is 1.76. The topological polar surface area (TPSA) is 52.7 Å². The molecule has 0 amide bonds. The van der Waals surface area contributed by atoms with Crippen LogP contribution in [0.2, 0.25) is 0 Å². The fourth-order valence-electron chi connectivity index (χ4n) is 2.90. The quantitative estimate of drug-likeness (QED) is 0.803. The molecule has 0 saturated carbocycles. The van der Waals surface area contributed by atoms with Crippen molar-refractivity contribution < 1.29 is 8.42 Å². The van der Waals surface area contributed by atoms with E-state index in [9.17, 15) is 8.42 Å². The van der Waals surface area contributed by atoms with Crippen molar-refractivity contribution in [3.8, 4) is 0 Å². The van der Waals surface area contributed by atoms with Crippen molar-refractivity contribution >= 4 is 10.0 Å². The molecule has 2 saturated heterocycles. The van der Waals surface area contributed by atoms with Gasteiger partial charge >= 0.3 is 0 Å². The Morgan fingerprint density at radius 1 is 1.11 bits per heavy atom. The maximum absolute atomic E-state index is 12.6. The molecule has 112 valence electrons. The Balaban J connectivity index is 1.96. The van der Waals surface area contributed by atoms with Crippen LogP contribution in [0, 0.1) is 0 Å². The maximum atomic E-state index is 12.6. The van der Waals surface area contributed by atoms with Gasteiger partial charge in [0.05, 0.1) is 5.25 Å². The Labute approximate surface area is 117 Å². The van der Waals surface area contributed by atoms with Gasteiger partial charge in [-0.15, -0.1) is 0 Å². The van der Waals surface area contributed by atoms with E-state index in [2.05, 4.69) is 31.0 Å². The van der Waals surface area contributed by atoms with Gasteiger partial charge in [-0.1, -0.05) is 0 Å². The van der Waals surface area contributed by atoms with Crippen LogP contribution in [0.4, 0.5) is 0 Å². The molecule has 2 heterocycles. The number of piperazine rings is 1. The number of sulfonamides is 1. The van der Waals surface area contributed by atoms with Crippen LogP contribution in [0.5, 0.6) is 0 Å². The highest BCUT2D eigenvalue weighted by Gasteiger charge is 2.36. The van der Waals surface area contributed by atoms with Gasteiger partial charge in [0.2, 0.25) is 10.0 Å². The van der Waals surface area contributed by atoms with Gasteiger partial charge in [-0.2, -0.15) is 4.31 Å². The lowest BCUT2D eigenvalue weighted by Crippen LogP contribution is -2.57. The third-order valence-corrected chi connectivity index (χ3v) is 6.55. The Hall–Kier alpha value is -0.170. The van der Waals surface area contributed by atoms with E-state index in [1.54, 1.807) is 4.31 Å². The SMILES string of the molecule is CC(C)(C)N1CCN(S(=O)(=O)C2CCCNC2)CC1. The molecule has 1 N–H and O–H groups in total. The number of rotatable bonds is 2. The monoisotopic (exact) mass is 289 g/mol. The van der Waals surface area contributed by atoms with Crippen molar-refractivity contribution in [3.63, 3.8) is 0 Å². The Morgan fingerprint density at radius 2 is 1.74 bits per heavy atom. The molecule has 0 radical (unpaired) electrons. The number of nitrogens with one attached hydrogen (secondary N) is 1. The van der Waals surface area contributed by atoms with Crippen molar-refractivity contribution in [2.75, 3.05) is 39.3 Å². The molecule has 0 aromatic carbocycles. The Bertz CT molecular complexity index is 389. The van der Waals surface area contributed by atoms with Crippen molar-refractivity contribution in [3.05, 3.63) is 0 Å². The van der Waals surface area contributed by atoms with E-state index in [1.807, 2.05) is 0 Å². The minimum Gasteiger partial charge on any atom is -0.315 e. The fraction of sp³-hybridized carbons (Fsp3) is 1.00.